The van der Waals surface area contributed by atoms with E-state index in [9.17, 15) is 0 Å². The van der Waals surface area contributed by atoms with Gasteiger partial charge in [-0.15, -0.1) is 6.42 Å². The van der Waals surface area contributed by atoms with Gasteiger partial charge in [0.25, 0.3) is 0 Å². The zero-order chi connectivity index (χ0) is 49.4. The average molecular weight is 890 g/mol. The van der Waals surface area contributed by atoms with Crippen LogP contribution < -0.4 is 15.8 Å². The molecule has 344 valence electrons. The number of hydrogen-bond acceptors (Lipinski definition) is 1. The quantitative estimate of drug-likeness (QED) is 0.0512. The molecule has 6 aromatic carbocycles. The standard InChI is InChI=1S/C66H72BN/c1-18-26-54(42(5)19-2)57-41-53(36-34-44(57)7)67(58-39-52(66(15,16)17)35-33-45(58)8)63(60(40-51(21-4)65(12,13)14)68-59-32-24-28-46(9)64(59)68)61-47(10)37-50(38-48(61)11)56-31-25-29-49(20-3)62(56)55-30-23-22-27-43(55)6/h3,18-19,22-41H,2,21H2,1,4-17H3/b26-18-,51-40+,54-42+,63-60-. The Morgan fingerprint density at radius 1 is 0.721 bits per heavy atom. The van der Waals surface area contributed by atoms with Gasteiger partial charge in [-0.1, -0.05) is 198 Å². The molecule has 0 radical (unpaired) electrons. The van der Waals surface area contributed by atoms with E-state index in [-0.39, 0.29) is 17.5 Å². The number of rotatable bonds is 12. The average Bonchev–Trinajstić information content (AvgIpc) is 4.03. The topological polar surface area (TPSA) is 3.01 Å². The van der Waals surface area contributed by atoms with Crippen molar-refractivity contribution in [1.82, 2.24) is 0 Å². The number of benzene rings is 6. The van der Waals surface area contributed by atoms with Crippen LogP contribution in [0.2, 0.25) is 0 Å². The fourth-order valence-corrected chi connectivity index (χ4v) is 10.4. The van der Waals surface area contributed by atoms with Gasteiger partial charge in [0.05, 0.1) is 11.4 Å². The van der Waals surface area contributed by atoms with Crippen molar-refractivity contribution < 1.29 is 0 Å². The van der Waals surface area contributed by atoms with E-state index >= 15 is 0 Å². The zero-order valence-corrected chi connectivity index (χ0v) is 43.7. The smallest absolute Gasteiger partial charge is 0.245 e. The lowest BCUT2D eigenvalue weighted by molar-refractivity contribution is 0.487. The van der Waals surface area contributed by atoms with Crippen molar-refractivity contribution in [3.8, 4) is 34.6 Å². The Labute approximate surface area is 411 Å². The van der Waals surface area contributed by atoms with Crippen molar-refractivity contribution in [3.63, 3.8) is 0 Å². The van der Waals surface area contributed by atoms with Crippen LogP contribution in [-0.2, 0) is 5.41 Å². The van der Waals surface area contributed by atoms with Crippen molar-refractivity contribution in [2.24, 2.45) is 5.41 Å². The van der Waals surface area contributed by atoms with Crippen LogP contribution in [0.3, 0.4) is 0 Å². The third kappa shape index (κ3) is 9.60. The van der Waals surface area contributed by atoms with Gasteiger partial charge in [0, 0.05) is 16.8 Å². The van der Waals surface area contributed by atoms with E-state index in [1.54, 1.807) is 0 Å². The van der Waals surface area contributed by atoms with Crippen LogP contribution >= 0.6 is 0 Å². The van der Waals surface area contributed by atoms with E-state index in [1.807, 2.05) is 6.08 Å². The monoisotopic (exact) mass is 890 g/mol. The molecular formula is C66H72BN. The van der Waals surface area contributed by atoms with Gasteiger partial charge < -0.3 is 4.90 Å². The minimum atomic E-state index is -0.162. The number of anilines is 2. The molecule has 0 bridgehead atoms. The molecular weight excluding hydrogens is 818 g/mol. The highest BCUT2D eigenvalue weighted by molar-refractivity contribution is 7.00. The normalized spacial score (nSPS) is 13.5. The SMILES string of the molecule is C#Cc1cccc(-c2cc(C)c(/C(B(c3ccc(C)c(C(/C=C\C)=C(\C)C=C)c3)c3cc(C(C)(C)C)ccc3C)=C(\C=C(/CC)C(C)(C)C)N3c4cccc(C)c43)c(C)c2)c1-c1ccccc1C. The van der Waals surface area contributed by atoms with Gasteiger partial charge in [0.2, 0.25) is 6.71 Å². The molecule has 0 atom stereocenters. The van der Waals surface area contributed by atoms with E-state index in [0.29, 0.717) is 0 Å². The number of aryl methyl sites for hydroxylation is 6. The molecule has 0 aromatic heterocycles. The Morgan fingerprint density at radius 3 is 1.97 bits per heavy atom. The number of para-hydroxylation sites is 1. The first-order valence-corrected chi connectivity index (χ1v) is 24.6. The number of hydrogen-bond donors (Lipinski definition) is 0. The van der Waals surface area contributed by atoms with Gasteiger partial charge in [-0.3, -0.25) is 0 Å². The predicted octanol–water partition coefficient (Wildman–Crippen LogP) is 16.8. The molecule has 0 fully saturated rings. The first-order chi connectivity index (χ1) is 32.2. The van der Waals surface area contributed by atoms with Crippen LogP contribution in [0.1, 0.15) is 124 Å². The molecule has 0 N–H and O–H groups in total. The highest BCUT2D eigenvalue weighted by Crippen LogP contribution is 2.55. The van der Waals surface area contributed by atoms with Crippen LogP contribution in [0.4, 0.5) is 11.4 Å². The van der Waals surface area contributed by atoms with Crippen molar-refractivity contribution in [3.05, 3.63) is 213 Å². The molecule has 0 aliphatic carbocycles. The summed E-state index contributed by atoms with van der Waals surface area (Å²) in [6, 6.07) is 41.0. The summed E-state index contributed by atoms with van der Waals surface area (Å²) in [5.41, 5.74) is 28.0. The van der Waals surface area contributed by atoms with Gasteiger partial charge >= 0.3 is 0 Å². The molecule has 0 unspecified atom stereocenters. The summed E-state index contributed by atoms with van der Waals surface area (Å²) >= 11 is 0. The summed E-state index contributed by atoms with van der Waals surface area (Å²) in [6.45, 7) is 38.4. The number of fused-ring (bicyclic) bond motifs is 1. The molecule has 1 aliphatic heterocycles. The molecule has 6 aromatic rings. The first-order valence-electron chi connectivity index (χ1n) is 24.6. The molecule has 2 heteroatoms. The molecule has 0 saturated carbocycles. The number of terminal acetylenes is 1. The second-order valence-electron chi connectivity index (χ2n) is 21.2. The van der Waals surface area contributed by atoms with E-state index in [0.717, 1.165) is 39.8 Å². The number of allylic oxidation sites excluding steroid dienone is 7. The molecule has 1 aliphatic rings. The summed E-state index contributed by atoms with van der Waals surface area (Å²) in [7, 11) is 0. The van der Waals surface area contributed by atoms with E-state index in [4.69, 9.17) is 6.42 Å². The van der Waals surface area contributed by atoms with Crippen molar-refractivity contribution in [1.29, 1.82) is 0 Å². The lowest BCUT2D eigenvalue weighted by Gasteiger charge is -2.31. The maximum absolute atomic E-state index is 6.30. The summed E-state index contributed by atoms with van der Waals surface area (Å²) in [5.74, 6) is 3.05. The van der Waals surface area contributed by atoms with Crippen LogP contribution in [-0.4, -0.2) is 6.71 Å². The maximum atomic E-state index is 6.30. The fourth-order valence-electron chi connectivity index (χ4n) is 10.4. The third-order valence-electron chi connectivity index (χ3n) is 14.2. The largest absolute Gasteiger partial charge is 0.307 e. The first kappa shape index (κ1) is 49.4. The molecule has 68 heavy (non-hydrogen) atoms. The van der Waals surface area contributed by atoms with Crippen molar-refractivity contribution in [2.45, 2.75) is 116 Å². The fraction of sp³-hybridized carbons (Fsp3) is 0.273. The molecule has 1 nitrogen and oxygen atoms in total. The molecule has 1 heterocycles. The maximum Gasteiger partial charge on any atom is 0.245 e. The predicted molar refractivity (Wildman–Crippen MR) is 301 cm³/mol. The Bertz CT molecular complexity index is 3100. The highest BCUT2D eigenvalue weighted by atomic mass is 15.3. The van der Waals surface area contributed by atoms with E-state index < -0.39 is 0 Å². The van der Waals surface area contributed by atoms with E-state index in [2.05, 4.69) is 249 Å². The lowest BCUT2D eigenvalue weighted by atomic mass is 9.33. The summed E-state index contributed by atoms with van der Waals surface area (Å²) in [4.78, 5) is 2.56. The van der Waals surface area contributed by atoms with Crippen LogP contribution in [0.5, 0.6) is 0 Å². The van der Waals surface area contributed by atoms with Gasteiger partial charge in [-0.25, -0.2) is 0 Å². The second kappa shape index (κ2) is 19.6. The second-order valence-corrected chi connectivity index (χ2v) is 21.2. The Kier molecular flexibility index (Phi) is 14.2. The van der Waals surface area contributed by atoms with Crippen LogP contribution in [0, 0.1) is 59.3 Å². The Balaban J connectivity index is 1.70. The zero-order valence-electron chi connectivity index (χ0n) is 43.7. The number of nitrogens with zero attached hydrogens (tertiary/aromatic N) is 1. The van der Waals surface area contributed by atoms with E-state index in [1.165, 1.54) is 94.7 Å². The third-order valence-corrected chi connectivity index (χ3v) is 14.2. The molecule has 7 rings (SSSR count). The van der Waals surface area contributed by atoms with Crippen LogP contribution in [0.25, 0.3) is 33.3 Å². The molecule has 0 saturated heterocycles. The minimum Gasteiger partial charge on any atom is -0.307 e. The van der Waals surface area contributed by atoms with Gasteiger partial charge in [0.1, 0.15) is 0 Å². The van der Waals surface area contributed by atoms with Crippen LogP contribution in [0.15, 0.2) is 157 Å². The molecule has 0 spiro atoms. The summed E-state index contributed by atoms with van der Waals surface area (Å²) in [5, 5.41) is 0. The Hall–Kier alpha value is -6.56. The van der Waals surface area contributed by atoms with Gasteiger partial charge in [0.15, 0.2) is 0 Å². The Morgan fingerprint density at radius 2 is 1.37 bits per heavy atom. The van der Waals surface area contributed by atoms with Gasteiger partial charge in [-0.2, -0.15) is 0 Å². The van der Waals surface area contributed by atoms with Gasteiger partial charge in [-0.05, 0) is 169 Å². The summed E-state index contributed by atoms with van der Waals surface area (Å²) < 4.78 is 0. The lowest BCUT2D eigenvalue weighted by Crippen LogP contribution is -2.47. The molecule has 0 amide bonds. The summed E-state index contributed by atoms with van der Waals surface area (Å²) in [6.07, 6.45) is 16.2. The van der Waals surface area contributed by atoms with Crippen molar-refractivity contribution in [2.75, 3.05) is 4.90 Å². The highest BCUT2D eigenvalue weighted by Gasteiger charge is 2.40. The van der Waals surface area contributed by atoms with Crippen molar-refractivity contribution >= 4 is 40.1 Å². The minimum absolute atomic E-state index is 0.0622.